The Bertz CT molecular complexity index is 686. The van der Waals surface area contributed by atoms with Gasteiger partial charge in [-0.2, -0.15) is 0 Å². The van der Waals surface area contributed by atoms with Gasteiger partial charge in [-0.05, 0) is 60.1 Å². The molecule has 0 aliphatic heterocycles. The maximum absolute atomic E-state index is 12.6. The van der Waals surface area contributed by atoms with Gasteiger partial charge in [-0.25, -0.2) is 14.5 Å². The van der Waals surface area contributed by atoms with E-state index in [2.05, 4.69) is 0 Å². The number of rotatable bonds is 4. The average Bonchev–Trinajstić information content (AvgIpc) is 2.48. The number of hydrogen-bond donors (Lipinski definition) is 1. The molecular formula is C20H30N2O5. The Labute approximate surface area is 161 Å². The molecule has 0 spiro atoms. The monoisotopic (exact) mass is 378 g/mol. The molecule has 0 aliphatic rings. The normalized spacial score (nSPS) is 11.6. The minimum Gasteiger partial charge on any atom is -0.496 e. The zero-order valence-corrected chi connectivity index (χ0v) is 17.4. The second-order valence-corrected chi connectivity index (χ2v) is 8.20. The molecule has 0 radical (unpaired) electrons. The molecule has 0 aliphatic carbocycles. The maximum Gasteiger partial charge on any atom is 0.420 e. The largest absolute Gasteiger partial charge is 0.496 e. The molecule has 0 saturated carbocycles. The Balaban J connectivity index is 3.22. The van der Waals surface area contributed by atoms with Crippen LogP contribution in [0.2, 0.25) is 0 Å². The van der Waals surface area contributed by atoms with Gasteiger partial charge in [-0.1, -0.05) is 12.1 Å². The van der Waals surface area contributed by atoms with Crippen molar-refractivity contribution in [3.8, 4) is 5.75 Å². The molecule has 1 N–H and O–H groups in total. The van der Waals surface area contributed by atoms with Gasteiger partial charge in [0, 0.05) is 11.3 Å². The fraction of sp³-hybridized carbons (Fsp3) is 0.550. The summed E-state index contributed by atoms with van der Waals surface area (Å²) in [6, 6.07) is 5.15. The Hall–Kier alpha value is -2.57. The lowest BCUT2D eigenvalue weighted by Gasteiger charge is -2.29. The highest BCUT2D eigenvalue weighted by atomic mass is 16.6. The van der Waals surface area contributed by atoms with Gasteiger partial charge >= 0.3 is 12.2 Å². The van der Waals surface area contributed by atoms with Gasteiger partial charge < -0.3 is 19.6 Å². The van der Waals surface area contributed by atoms with Crippen molar-refractivity contribution in [3.05, 3.63) is 29.3 Å². The molecule has 0 heterocycles. The number of imide groups is 1. The van der Waals surface area contributed by atoms with Crippen LogP contribution in [0.25, 0.3) is 0 Å². The first kappa shape index (κ1) is 22.5. The standard InChI is InChI=1S/C20H30N2O5/c1-13(21)14-9-10-15(16(11-14)25-8)12-22(17(23)26-19(2,3)4)18(24)27-20(5,6)7/h9-11,21H,12H2,1-8H3. The molecule has 0 fully saturated rings. The van der Waals surface area contributed by atoms with E-state index in [1.165, 1.54) is 7.11 Å². The van der Waals surface area contributed by atoms with Gasteiger partial charge in [-0.15, -0.1) is 0 Å². The van der Waals surface area contributed by atoms with Crippen LogP contribution in [0.5, 0.6) is 5.75 Å². The number of ether oxygens (including phenoxy) is 3. The third kappa shape index (κ3) is 7.29. The Kier molecular flexibility index (Phi) is 7.00. The van der Waals surface area contributed by atoms with Crippen molar-refractivity contribution in [3.63, 3.8) is 0 Å². The molecule has 1 aromatic rings. The van der Waals surface area contributed by atoms with Gasteiger partial charge in [0.1, 0.15) is 17.0 Å². The number of methoxy groups -OCH3 is 1. The van der Waals surface area contributed by atoms with Crippen LogP contribution >= 0.6 is 0 Å². The number of nitrogens with zero attached hydrogens (tertiary/aromatic N) is 1. The lowest BCUT2D eigenvalue weighted by atomic mass is 10.1. The Morgan fingerprint density at radius 3 is 1.85 bits per heavy atom. The van der Waals surface area contributed by atoms with Crippen molar-refractivity contribution in [1.29, 1.82) is 5.41 Å². The summed E-state index contributed by atoms with van der Waals surface area (Å²) in [7, 11) is 1.49. The first-order valence-corrected chi connectivity index (χ1v) is 8.69. The summed E-state index contributed by atoms with van der Waals surface area (Å²) in [6.45, 7) is 11.9. The van der Waals surface area contributed by atoms with Crippen LogP contribution in [-0.2, 0) is 16.0 Å². The van der Waals surface area contributed by atoms with Crippen molar-refractivity contribution < 1.29 is 23.8 Å². The molecule has 1 aromatic carbocycles. The number of carbonyl (C=O) groups excluding carboxylic acids is 2. The molecule has 0 unspecified atom stereocenters. The summed E-state index contributed by atoms with van der Waals surface area (Å²) in [5, 5.41) is 7.74. The predicted molar refractivity (Wildman–Crippen MR) is 104 cm³/mol. The third-order valence-electron chi connectivity index (χ3n) is 3.28. The average molecular weight is 378 g/mol. The van der Waals surface area contributed by atoms with Crippen LogP contribution in [0, 0.1) is 5.41 Å². The summed E-state index contributed by atoms with van der Waals surface area (Å²) in [5.74, 6) is 0.469. The van der Waals surface area contributed by atoms with Gasteiger partial charge in [0.2, 0.25) is 0 Å². The molecule has 0 bridgehead atoms. The summed E-state index contributed by atoms with van der Waals surface area (Å²) >= 11 is 0. The first-order valence-electron chi connectivity index (χ1n) is 8.69. The molecule has 1 rings (SSSR count). The third-order valence-corrected chi connectivity index (χ3v) is 3.28. The van der Waals surface area contributed by atoms with Crippen LogP contribution in [-0.4, -0.2) is 41.1 Å². The molecule has 27 heavy (non-hydrogen) atoms. The van der Waals surface area contributed by atoms with Crippen molar-refractivity contribution in [2.24, 2.45) is 0 Å². The smallest absolute Gasteiger partial charge is 0.420 e. The van der Waals surface area contributed by atoms with E-state index in [4.69, 9.17) is 19.6 Å². The van der Waals surface area contributed by atoms with Crippen molar-refractivity contribution >= 4 is 17.9 Å². The molecular weight excluding hydrogens is 348 g/mol. The van der Waals surface area contributed by atoms with E-state index in [1.54, 1.807) is 66.7 Å². The van der Waals surface area contributed by atoms with Crippen LogP contribution in [0.15, 0.2) is 18.2 Å². The van der Waals surface area contributed by atoms with Gasteiger partial charge in [0.15, 0.2) is 0 Å². The Morgan fingerprint density at radius 2 is 1.48 bits per heavy atom. The molecule has 7 heteroatoms. The molecule has 0 saturated heterocycles. The van der Waals surface area contributed by atoms with E-state index in [0.29, 0.717) is 22.6 Å². The fourth-order valence-corrected chi connectivity index (χ4v) is 2.12. The first-order chi connectivity index (χ1) is 12.2. The van der Waals surface area contributed by atoms with Crippen LogP contribution < -0.4 is 4.74 Å². The van der Waals surface area contributed by atoms with Crippen molar-refractivity contribution in [2.45, 2.75) is 66.2 Å². The zero-order valence-electron chi connectivity index (χ0n) is 17.4. The number of benzene rings is 1. The topological polar surface area (TPSA) is 88.9 Å². The summed E-state index contributed by atoms with van der Waals surface area (Å²) in [6.07, 6.45) is -1.60. The van der Waals surface area contributed by atoms with E-state index in [9.17, 15) is 9.59 Å². The summed E-state index contributed by atoms with van der Waals surface area (Å²) < 4.78 is 16.1. The quantitative estimate of drug-likeness (QED) is 0.763. The number of carbonyl (C=O) groups is 2. The van der Waals surface area contributed by atoms with E-state index in [0.717, 1.165) is 4.90 Å². The van der Waals surface area contributed by atoms with E-state index < -0.39 is 23.4 Å². The highest BCUT2D eigenvalue weighted by Crippen LogP contribution is 2.24. The predicted octanol–water partition coefficient (Wildman–Crippen LogP) is 4.76. The fourth-order valence-electron chi connectivity index (χ4n) is 2.12. The van der Waals surface area contributed by atoms with Crippen molar-refractivity contribution in [2.75, 3.05) is 7.11 Å². The lowest BCUT2D eigenvalue weighted by molar-refractivity contribution is -0.000330. The van der Waals surface area contributed by atoms with E-state index in [1.807, 2.05) is 0 Å². The SMILES string of the molecule is COc1cc(C(C)=N)ccc1CN(C(=O)OC(C)(C)C)C(=O)OC(C)(C)C. The minimum absolute atomic E-state index is 0.0790. The second kappa shape index (κ2) is 8.41. The Morgan fingerprint density at radius 1 is 1.00 bits per heavy atom. The van der Waals surface area contributed by atoms with Crippen LogP contribution in [0.3, 0.4) is 0 Å². The minimum atomic E-state index is -0.800. The van der Waals surface area contributed by atoms with Gasteiger partial charge in [0.25, 0.3) is 0 Å². The highest BCUT2D eigenvalue weighted by molar-refractivity contribution is 5.96. The summed E-state index contributed by atoms with van der Waals surface area (Å²) in [5.41, 5.74) is 0.150. The van der Waals surface area contributed by atoms with Gasteiger partial charge in [0.05, 0.1) is 13.7 Å². The number of amides is 2. The van der Waals surface area contributed by atoms with E-state index in [-0.39, 0.29) is 6.54 Å². The zero-order chi connectivity index (χ0) is 21.0. The second-order valence-electron chi connectivity index (χ2n) is 8.20. The molecule has 7 nitrogen and oxygen atoms in total. The number of nitrogens with one attached hydrogen (secondary N) is 1. The molecule has 0 atom stereocenters. The molecule has 2 amide bonds. The van der Waals surface area contributed by atoms with Crippen LogP contribution in [0.4, 0.5) is 9.59 Å². The molecule has 0 aromatic heterocycles. The highest BCUT2D eigenvalue weighted by Gasteiger charge is 2.32. The van der Waals surface area contributed by atoms with Gasteiger partial charge in [-0.3, -0.25) is 0 Å². The van der Waals surface area contributed by atoms with Crippen molar-refractivity contribution in [1.82, 2.24) is 4.90 Å². The number of hydrogen-bond acceptors (Lipinski definition) is 6. The maximum atomic E-state index is 12.6. The summed E-state index contributed by atoms with van der Waals surface area (Å²) in [4.78, 5) is 26.1. The molecule has 150 valence electrons. The lowest BCUT2D eigenvalue weighted by Crippen LogP contribution is -2.43. The van der Waals surface area contributed by atoms with Crippen LogP contribution in [0.1, 0.15) is 59.6 Å². The van der Waals surface area contributed by atoms with E-state index >= 15 is 0 Å².